The number of aromatic nitrogens is 2. The van der Waals surface area contributed by atoms with Gasteiger partial charge in [-0.2, -0.15) is 11.8 Å². The maximum Gasteiger partial charge on any atom is 0.326 e. The van der Waals surface area contributed by atoms with Crippen LogP contribution < -0.4 is 38.9 Å². The Labute approximate surface area is 229 Å². The minimum atomic E-state index is -1.41. The number of carboxylic acids is 1. The number of imidazole rings is 1. The number of aromatic amines is 1. The highest BCUT2D eigenvalue weighted by atomic mass is 32.2. The van der Waals surface area contributed by atoms with Gasteiger partial charge in [0.05, 0.1) is 12.4 Å². The molecule has 4 unspecified atom stereocenters. The van der Waals surface area contributed by atoms with E-state index in [-0.39, 0.29) is 38.1 Å². The number of nitrogens with two attached hydrogens (primary N) is 4. The number of carbonyl (C=O) groups is 5. The predicted octanol–water partition coefficient (Wildman–Crippen LogP) is -3.11. The third-order valence-electron chi connectivity index (χ3n) is 5.45. The van der Waals surface area contributed by atoms with Crippen molar-refractivity contribution in [3.63, 3.8) is 0 Å². The number of hydrogen-bond acceptors (Lipinski definition) is 9. The molecule has 4 amide bonds. The zero-order valence-corrected chi connectivity index (χ0v) is 22.5. The van der Waals surface area contributed by atoms with Gasteiger partial charge in [-0.3, -0.25) is 24.2 Å². The maximum atomic E-state index is 13.2. The summed E-state index contributed by atoms with van der Waals surface area (Å²) in [5, 5.41) is 17.0. The van der Waals surface area contributed by atoms with E-state index in [2.05, 4.69) is 30.9 Å². The second-order valence-corrected chi connectivity index (χ2v) is 9.63. The third-order valence-corrected chi connectivity index (χ3v) is 6.10. The molecule has 1 aromatic heterocycles. The molecule has 0 aliphatic rings. The van der Waals surface area contributed by atoms with Gasteiger partial charge < -0.3 is 49.0 Å². The summed E-state index contributed by atoms with van der Waals surface area (Å²) < 4.78 is 0. The molecule has 1 heterocycles. The molecule has 17 heteroatoms. The van der Waals surface area contributed by atoms with Gasteiger partial charge in [0, 0.05) is 31.3 Å². The van der Waals surface area contributed by atoms with E-state index in [9.17, 15) is 29.1 Å². The number of hydrogen-bond donors (Lipinski definition) is 9. The Balaban J connectivity index is 2.97. The van der Waals surface area contributed by atoms with Crippen molar-refractivity contribution in [1.82, 2.24) is 25.9 Å². The van der Waals surface area contributed by atoms with Crippen LogP contribution in [0.4, 0.5) is 0 Å². The molecule has 16 nitrogen and oxygen atoms in total. The van der Waals surface area contributed by atoms with Crippen LogP contribution >= 0.6 is 11.8 Å². The summed E-state index contributed by atoms with van der Waals surface area (Å²) in [7, 11) is 0. The predicted molar refractivity (Wildman–Crippen MR) is 145 cm³/mol. The van der Waals surface area contributed by atoms with Crippen LogP contribution in [0.2, 0.25) is 0 Å². The number of rotatable bonds is 19. The minimum Gasteiger partial charge on any atom is -0.480 e. The Hall–Kier alpha value is -3.86. The van der Waals surface area contributed by atoms with Gasteiger partial charge in [-0.25, -0.2) is 9.78 Å². The lowest BCUT2D eigenvalue weighted by atomic mass is 10.1. The van der Waals surface area contributed by atoms with E-state index in [1.54, 1.807) is 0 Å². The van der Waals surface area contributed by atoms with E-state index in [4.69, 9.17) is 22.9 Å². The Kier molecular flexibility index (Phi) is 15.0. The number of aliphatic imine (C=N–C) groups is 1. The van der Waals surface area contributed by atoms with Gasteiger partial charge in [0.2, 0.25) is 23.6 Å². The molecule has 4 atom stereocenters. The van der Waals surface area contributed by atoms with Gasteiger partial charge in [0.15, 0.2) is 5.96 Å². The molecule has 1 aromatic rings. The highest BCUT2D eigenvalue weighted by molar-refractivity contribution is 7.98. The number of aliphatic carboxylic acids is 1. The summed E-state index contributed by atoms with van der Waals surface area (Å²) in [5.41, 5.74) is 22.1. The minimum absolute atomic E-state index is 0.0484. The molecule has 39 heavy (non-hydrogen) atoms. The first-order valence-corrected chi connectivity index (χ1v) is 13.5. The SMILES string of the molecule is CSCCC(NC(=O)C(N)CCCN=C(N)N)C(=O)NC(Cc1cnc[nH]1)C(=O)NC(CCC(N)=O)C(=O)O. The van der Waals surface area contributed by atoms with Crippen LogP contribution in [0.3, 0.4) is 0 Å². The largest absolute Gasteiger partial charge is 0.480 e. The van der Waals surface area contributed by atoms with Gasteiger partial charge in [0.25, 0.3) is 0 Å². The van der Waals surface area contributed by atoms with Crippen LogP contribution in [0.5, 0.6) is 0 Å². The molecule has 0 fully saturated rings. The number of carboxylic acid groups (broad SMARTS) is 1. The molecule has 0 aromatic carbocycles. The molecule has 0 aliphatic carbocycles. The number of amides is 4. The molecule has 0 bridgehead atoms. The number of carbonyl (C=O) groups excluding carboxylic acids is 4. The van der Waals surface area contributed by atoms with E-state index < -0.39 is 53.8 Å². The fourth-order valence-corrected chi connectivity index (χ4v) is 3.82. The summed E-state index contributed by atoms with van der Waals surface area (Å²) in [6, 6.07) is -4.57. The fourth-order valence-electron chi connectivity index (χ4n) is 3.35. The number of thioether (sulfide) groups is 1. The van der Waals surface area contributed by atoms with Crippen molar-refractivity contribution >= 4 is 47.3 Å². The van der Waals surface area contributed by atoms with Crippen LogP contribution in [-0.4, -0.2) is 93.4 Å². The second kappa shape index (κ2) is 17.6. The number of primary amides is 1. The molecule has 1 rings (SSSR count). The molecule has 0 saturated heterocycles. The molecular formula is C22H38N10O6S. The smallest absolute Gasteiger partial charge is 0.326 e. The molecule has 0 saturated carbocycles. The Morgan fingerprint density at radius 2 is 1.64 bits per heavy atom. The third kappa shape index (κ3) is 13.5. The van der Waals surface area contributed by atoms with Crippen LogP contribution in [-0.2, 0) is 30.4 Å². The average molecular weight is 571 g/mol. The van der Waals surface area contributed by atoms with Crippen molar-refractivity contribution in [3.8, 4) is 0 Å². The van der Waals surface area contributed by atoms with Crippen molar-refractivity contribution in [2.45, 2.75) is 62.7 Å². The molecule has 0 radical (unpaired) electrons. The number of nitrogens with one attached hydrogen (secondary N) is 4. The van der Waals surface area contributed by atoms with Crippen LogP contribution in [0.25, 0.3) is 0 Å². The zero-order valence-electron chi connectivity index (χ0n) is 21.7. The van der Waals surface area contributed by atoms with Crippen LogP contribution in [0.15, 0.2) is 17.5 Å². The summed E-state index contributed by atoms with van der Waals surface area (Å²) in [6.45, 7) is 0.293. The van der Waals surface area contributed by atoms with Crippen molar-refractivity contribution in [2.75, 3.05) is 18.6 Å². The molecule has 218 valence electrons. The second-order valence-electron chi connectivity index (χ2n) is 8.64. The summed E-state index contributed by atoms with van der Waals surface area (Å²) in [5.74, 6) is -3.67. The average Bonchev–Trinajstić information content (AvgIpc) is 3.38. The lowest BCUT2D eigenvalue weighted by molar-refractivity contribution is -0.142. The monoisotopic (exact) mass is 570 g/mol. The molecule has 0 aliphatic heterocycles. The normalized spacial score (nSPS) is 13.8. The van der Waals surface area contributed by atoms with Crippen molar-refractivity contribution in [3.05, 3.63) is 18.2 Å². The van der Waals surface area contributed by atoms with Crippen molar-refractivity contribution in [2.24, 2.45) is 27.9 Å². The van der Waals surface area contributed by atoms with Crippen LogP contribution in [0.1, 0.15) is 37.8 Å². The van der Waals surface area contributed by atoms with E-state index in [0.717, 1.165) is 0 Å². The quantitative estimate of drug-likeness (QED) is 0.0455. The summed E-state index contributed by atoms with van der Waals surface area (Å²) >= 11 is 1.45. The molecular weight excluding hydrogens is 532 g/mol. The summed E-state index contributed by atoms with van der Waals surface area (Å²) in [6.07, 6.45) is 5.09. The lowest BCUT2D eigenvalue weighted by Crippen LogP contribution is -2.57. The Morgan fingerprint density at radius 3 is 2.21 bits per heavy atom. The topological polar surface area (TPSA) is 287 Å². The first-order chi connectivity index (χ1) is 18.4. The highest BCUT2D eigenvalue weighted by Gasteiger charge is 2.30. The van der Waals surface area contributed by atoms with Crippen molar-refractivity contribution in [1.29, 1.82) is 0 Å². The van der Waals surface area contributed by atoms with E-state index in [1.807, 2.05) is 6.26 Å². The Morgan fingerprint density at radius 1 is 1.00 bits per heavy atom. The molecule has 13 N–H and O–H groups in total. The van der Waals surface area contributed by atoms with E-state index in [1.165, 1.54) is 24.3 Å². The van der Waals surface area contributed by atoms with Gasteiger partial charge in [-0.15, -0.1) is 0 Å². The van der Waals surface area contributed by atoms with E-state index >= 15 is 0 Å². The first-order valence-electron chi connectivity index (χ1n) is 12.1. The lowest BCUT2D eigenvalue weighted by Gasteiger charge is -2.25. The standard InChI is InChI=1S/C22H38N10O6S/c1-39-8-6-14(30-18(34)13(23)3-2-7-28-22(25)26)19(35)32-16(9-12-10-27-11-29-12)20(36)31-15(21(37)38)4-5-17(24)33/h10-11,13-16H,2-9,23H2,1H3,(H2,24,33)(H,27,29)(H,30,34)(H,31,36)(H,32,35)(H,37,38)(H4,25,26,28). The van der Waals surface area contributed by atoms with Gasteiger partial charge in [0.1, 0.15) is 18.1 Å². The first kappa shape index (κ1) is 33.2. The zero-order chi connectivity index (χ0) is 29.4. The number of nitrogens with zero attached hydrogens (tertiary/aromatic N) is 2. The van der Waals surface area contributed by atoms with Crippen molar-refractivity contribution < 1.29 is 29.1 Å². The maximum absolute atomic E-state index is 13.2. The van der Waals surface area contributed by atoms with Gasteiger partial charge in [-0.05, 0) is 37.7 Å². The van der Waals surface area contributed by atoms with E-state index in [0.29, 0.717) is 24.4 Å². The highest BCUT2D eigenvalue weighted by Crippen LogP contribution is 2.07. The Bertz CT molecular complexity index is 986. The van der Waals surface area contributed by atoms with Crippen LogP contribution in [0, 0.1) is 0 Å². The summed E-state index contributed by atoms with van der Waals surface area (Å²) in [4.78, 5) is 72.2. The number of H-pyrrole nitrogens is 1. The van der Waals surface area contributed by atoms with Gasteiger partial charge in [-0.1, -0.05) is 0 Å². The fraction of sp³-hybridized carbons (Fsp3) is 0.591. The molecule has 0 spiro atoms. The van der Waals surface area contributed by atoms with Gasteiger partial charge >= 0.3 is 5.97 Å². The number of guanidine groups is 1.